The lowest BCUT2D eigenvalue weighted by atomic mass is 10.1. The van der Waals surface area contributed by atoms with Crippen molar-refractivity contribution in [1.82, 2.24) is 9.80 Å². The van der Waals surface area contributed by atoms with Crippen molar-refractivity contribution in [2.75, 3.05) is 47.4 Å². The summed E-state index contributed by atoms with van der Waals surface area (Å²) in [7, 11) is 5.39. The van der Waals surface area contributed by atoms with Crippen LogP contribution in [-0.2, 0) is 0 Å². The molecule has 1 aliphatic rings. The second-order valence-electron chi connectivity index (χ2n) is 5.71. The molecule has 2 rings (SSSR count). The van der Waals surface area contributed by atoms with Crippen molar-refractivity contribution < 1.29 is 14.6 Å². The van der Waals surface area contributed by atoms with E-state index in [1.165, 1.54) is 0 Å². The van der Waals surface area contributed by atoms with E-state index in [9.17, 15) is 5.11 Å². The molecule has 1 heterocycles. The normalized spacial score (nSPS) is 22.0. The van der Waals surface area contributed by atoms with Gasteiger partial charge in [-0.1, -0.05) is 0 Å². The molecule has 0 amide bonds. The third-order valence-electron chi connectivity index (χ3n) is 4.27. The lowest BCUT2D eigenvalue weighted by molar-refractivity contribution is 0.0558. The van der Waals surface area contributed by atoms with E-state index in [2.05, 4.69) is 23.8 Å². The maximum Gasteiger partial charge on any atom is 0.124 e. The number of ether oxygens (including phenoxy) is 2. The molecule has 1 aliphatic heterocycles. The quantitative estimate of drug-likeness (QED) is 0.889. The fraction of sp³-hybridized carbons (Fsp3) is 0.625. The molecular formula is C16H26N2O3. The predicted molar refractivity (Wildman–Crippen MR) is 83.0 cm³/mol. The number of methoxy groups -OCH3 is 2. The number of hydrogen-bond donors (Lipinski definition) is 1. The van der Waals surface area contributed by atoms with Crippen LogP contribution in [0.2, 0.25) is 0 Å². The van der Waals surface area contributed by atoms with E-state index in [1.807, 2.05) is 18.2 Å². The Morgan fingerprint density at radius 3 is 2.67 bits per heavy atom. The molecule has 21 heavy (non-hydrogen) atoms. The first-order chi connectivity index (χ1) is 10.0. The molecule has 2 atom stereocenters. The van der Waals surface area contributed by atoms with Crippen molar-refractivity contribution in [3.05, 3.63) is 23.8 Å². The van der Waals surface area contributed by atoms with Crippen LogP contribution in [0.25, 0.3) is 0 Å². The summed E-state index contributed by atoms with van der Waals surface area (Å²) >= 11 is 0. The van der Waals surface area contributed by atoms with E-state index in [-0.39, 0.29) is 0 Å². The second kappa shape index (κ2) is 7.11. The van der Waals surface area contributed by atoms with Gasteiger partial charge >= 0.3 is 0 Å². The summed E-state index contributed by atoms with van der Waals surface area (Å²) in [6, 6.07) is 6.04. The number of hydrogen-bond acceptors (Lipinski definition) is 5. The second-order valence-corrected chi connectivity index (χ2v) is 5.71. The summed E-state index contributed by atoms with van der Waals surface area (Å²) in [5.74, 6) is 1.43. The molecule has 0 saturated carbocycles. The molecule has 0 radical (unpaired) electrons. The van der Waals surface area contributed by atoms with Gasteiger partial charge in [0.1, 0.15) is 11.5 Å². The summed E-state index contributed by atoms with van der Waals surface area (Å²) in [5, 5.41) is 10.6. The molecular weight excluding hydrogens is 268 g/mol. The summed E-state index contributed by atoms with van der Waals surface area (Å²) in [4.78, 5) is 4.64. The van der Waals surface area contributed by atoms with Gasteiger partial charge in [-0.2, -0.15) is 0 Å². The van der Waals surface area contributed by atoms with Gasteiger partial charge in [-0.05, 0) is 32.2 Å². The highest BCUT2D eigenvalue weighted by Crippen LogP contribution is 2.30. The Hall–Kier alpha value is -1.30. The topological polar surface area (TPSA) is 45.2 Å². The number of aliphatic hydroxyl groups is 1. The van der Waals surface area contributed by atoms with Crippen molar-refractivity contribution in [3.8, 4) is 11.5 Å². The monoisotopic (exact) mass is 294 g/mol. The zero-order valence-electron chi connectivity index (χ0n) is 13.4. The molecule has 118 valence electrons. The lowest BCUT2D eigenvalue weighted by Crippen LogP contribution is -2.50. The SMILES string of the molecule is COc1ccc(OC)c(C(O)CN2CCN(C)C(C)C2)c1. The van der Waals surface area contributed by atoms with Gasteiger partial charge < -0.3 is 19.5 Å². The standard InChI is InChI=1S/C16H26N2O3/c1-12-10-18(8-7-17(12)2)11-15(19)14-9-13(20-3)5-6-16(14)21-4/h5-6,9,12,15,19H,7-8,10-11H2,1-4H3. The Bertz CT molecular complexity index is 467. The van der Waals surface area contributed by atoms with E-state index in [0.29, 0.717) is 18.3 Å². The fourth-order valence-electron chi connectivity index (χ4n) is 2.73. The van der Waals surface area contributed by atoms with Gasteiger partial charge in [-0.25, -0.2) is 0 Å². The van der Waals surface area contributed by atoms with Gasteiger partial charge in [-0.3, -0.25) is 4.90 Å². The zero-order chi connectivity index (χ0) is 15.4. The highest BCUT2D eigenvalue weighted by Gasteiger charge is 2.24. The zero-order valence-corrected chi connectivity index (χ0v) is 13.4. The molecule has 1 saturated heterocycles. The average molecular weight is 294 g/mol. The van der Waals surface area contributed by atoms with E-state index < -0.39 is 6.10 Å². The highest BCUT2D eigenvalue weighted by atomic mass is 16.5. The predicted octanol–water partition coefficient (Wildman–Crippen LogP) is 1.37. The minimum Gasteiger partial charge on any atom is -0.497 e. The van der Waals surface area contributed by atoms with Crippen LogP contribution < -0.4 is 9.47 Å². The van der Waals surface area contributed by atoms with Crippen LogP contribution in [-0.4, -0.2) is 68.4 Å². The smallest absolute Gasteiger partial charge is 0.124 e. The van der Waals surface area contributed by atoms with E-state index in [0.717, 1.165) is 30.9 Å². The molecule has 1 fully saturated rings. The maximum absolute atomic E-state index is 10.6. The number of aliphatic hydroxyl groups excluding tert-OH is 1. The van der Waals surface area contributed by atoms with Gasteiger partial charge in [-0.15, -0.1) is 0 Å². The summed E-state index contributed by atoms with van der Waals surface area (Å²) < 4.78 is 10.6. The van der Waals surface area contributed by atoms with Crippen LogP contribution >= 0.6 is 0 Å². The highest BCUT2D eigenvalue weighted by molar-refractivity contribution is 5.41. The van der Waals surface area contributed by atoms with Crippen molar-refractivity contribution in [1.29, 1.82) is 0 Å². The summed E-state index contributed by atoms with van der Waals surface area (Å²) in [6.45, 7) is 5.81. The van der Waals surface area contributed by atoms with Gasteiger partial charge in [0, 0.05) is 37.8 Å². The Kier molecular flexibility index (Phi) is 5.45. The molecule has 0 bridgehead atoms. The summed E-state index contributed by atoms with van der Waals surface area (Å²) in [6.07, 6.45) is -0.578. The molecule has 2 unspecified atom stereocenters. The van der Waals surface area contributed by atoms with Crippen LogP contribution in [0.15, 0.2) is 18.2 Å². The molecule has 0 aromatic heterocycles. The van der Waals surface area contributed by atoms with Crippen molar-refractivity contribution in [3.63, 3.8) is 0 Å². The molecule has 5 heteroatoms. The first-order valence-electron chi connectivity index (χ1n) is 7.37. The van der Waals surface area contributed by atoms with Crippen molar-refractivity contribution in [2.24, 2.45) is 0 Å². The van der Waals surface area contributed by atoms with E-state index in [4.69, 9.17) is 9.47 Å². The van der Waals surface area contributed by atoms with Gasteiger partial charge in [0.2, 0.25) is 0 Å². The molecule has 1 N–H and O–H groups in total. The minimum atomic E-state index is -0.578. The van der Waals surface area contributed by atoms with Crippen LogP contribution in [0, 0.1) is 0 Å². The molecule has 5 nitrogen and oxygen atoms in total. The van der Waals surface area contributed by atoms with Crippen LogP contribution in [0.5, 0.6) is 11.5 Å². The Morgan fingerprint density at radius 2 is 2.05 bits per heavy atom. The Balaban J connectivity index is 2.07. The van der Waals surface area contributed by atoms with Gasteiger partial charge in [0.25, 0.3) is 0 Å². The Labute approximate surface area is 127 Å². The summed E-state index contributed by atoms with van der Waals surface area (Å²) in [5.41, 5.74) is 0.781. The third-order valence-corrected chi connectivity index (χ3v) is 4.27. The number of piperazine rings is 1. The van der Waals surface area contributed by atoms with Gasteiger partial charge in [0.05, 0.1) is 20.3 Å². The maximum atomic E-state index is 10.6. The number of likely N-dealkylation sites (N-methyl/N-ethyl adjacent to an activating group) is 1. The van der Waals surface area contributed by atoms with E-state index >= 15 is 0 Å². The average Bonchev–Trinajstić information content (AvgIpc) is 2.50. The number of nitrogens with zero attached hydrogens (tertiary/aromatic N) is 2. The number of benzene rings is 1. The number of β-amino-alcohol motifs (C(OH)–C–C–N with tert-alkyl or cyclic N) is 1. The first kappa shape index (κ1) is 16.1. The van der Waals surface area contributed by atoms with Crippen LogP contribution in [0.4, 0.5) is 0 Å². The molecule has 0 spiro atoms. The minimum absolute atomic E-state index is 0.512. The Morgan fingerprint density at radius 1 is 1.29 bits per heavy atom. The largest absolute Gasteiger partial charge is 0.497 e. The molecule has 1 aromatic rings. The van der Waals surface area contributed by atoms with Crippen molar-refractivity contribution in [2.45, 2.75) is 19.1 Å². The van der Waals surface area contributed by atoms with Crippen LogP contribution in [0.3, 0.4) is 0 Å². The fourth-order valence-corrected chi connectivity index (χ4v) is 2.73. The lowest BCUT2D eigenvalue weighted by Gasteiger charge is -2.38. The van der Waals surface area contributed by atoms with Gasteiger partial charge in [0.15, 0.2) is 0 Å². The van der Waals surface area contributed by atoms with Crippen LogP contribution in [0.1, 0.15) is 18.6 Å². The number of rotatable bonds is 5. The molecule has 0 aliphatic carbocycles. The molecule has 1 aromatic carbocycles. The first-order valence-corrected chi connectivity index (χ1v) is 7.37. The van der Waals surface area contributed by atoms with E-state index in [1.54, 1.807) is 14.2 Å². The van der Waals surface area contributed by atoms with Crippen molar-refractivity contribution >= 4 is 0 Å². The third kappa shape index (κ3) is 3.87.